The van der Waals surface area contributed by atoms with E-state index < -0.39 is 12.1 Å². The van der Waals surface area contributed by atoms with Gasteiger partial charge >= 0.3 is 12.1 Å². The fourth-order valence-corrected chi connectivity index (χ4v) is 2.72. The summed E-state index contributed by atoms with van der Waals surface area (Å²) in [6.07, 6.45) is -4.51. The van der Waals surface area contributed by atoms with Crippen molar-refractivity contribution in [3.8, 4) is 17.3 Å². The summed E-state index contributed by atoms with van der Waals surface area (Å²) in [5, 5.41) is 27.0. The fourth-order valence-electron chi connectivity index (χ4n) is 2.72. The van der Waals surface area contributed by atoms with Gasteiger partial charge < -0.3 is 20.5 Å². The Morgan fingerprint density at radius 2 is 2.00 bits per heavy atom. The number of aromatic amines is 1. The molecule has 0 fully saturated rings. The molecule has 0 saturated heterocycles. The van der Waals surface area contributed by atoms with Crippen molar-refractivity contribution in [3.05, 3.63) is 42.0 Å². The molecule has 1 unspecified atom stereocenters. The zero-order valence-corrected chi connectivity index (χ0v) is 16.3. The molecule has 0 spiro atoms. The third-order valence-corrected chi connectivity index (χ3v) is 4.19. The Kier molecular flexibility index (Phi) is 6.51. The number of benzene rings is 1. The monoisotopic (exact) mass is 451 g/mol. The number of tetrazole rings is 1. The van der Waals surface area contributed by atoms with Crippen molar-refractivity contribution in [1.29, 1.82) is 0 Å². The number of rotatable bonds is 4. The number of H-pyrrole nitrogens is 1. The number of alkyl halides is 3. The Labute approximate surface area is 178 Å². The molecule has 0 saturated carbocycles. The van der Waals surface area contributed by atoms with Gasteiger partial charge in [0.25, 0.3) is 0 Å². The third-order valence-electron chi connectivity index (χ3n) is 4.19. The molecule has 1 amide bonds. The predicted molar refractivity (Wildman–Crippen MR) is 104 cm³/mol. The summed E-state index contributed by atoms with van der Waals surface area (Å²) >= 11 is 0. The van der Waals surface area contributed by atoms with Crippen LogP contribution in [0.25, 0.3) is 11.4 Å². The molecular weight excluding hydrogens is 435 g/mol. The number of hydrogen-bond acceptors (Lipinski definition) is 8. The zero-order chi connectivity index (χ0) is 23.3. The van der Waals surface area contributed by atoms with Gasteiger partial charge in [-0.3, -0.25) is 4.79 Å². The molecule has 1 atom stereocenters. The van der Waals surface area contributed by atoms with Gasteiger partial charge in [-0.25, -0.2) is 4.79 Å². The minimum atomic E-state index is -5.08. The molecule has 4 N–H and O–H groups in total. The van der Waals surface area contributed by atoms with E-state index in [2.05, 4.69) is 36.2 Å². The van der Waals surface area contributed by atoms with Crippen LogP contribution in [-0.4, -0.2) is 61.9 Å². The number of carboxylic acids is 1. The first-order valence-corrected chi connectivity index (χ1v) is 8.92. The largest absolute Gasteiger partial charge is 0.490 e. The normalized spacial score (nSPS) is 14.4. The highest BCUT2D eigenvalue weighted by Crippen LogP contribution is 2.27. The van der Waals surface area contributed by atoms with E-state index >= 15 is 0 Å². The number of pyridine rings is 1. The van der Waals surface area contributed by atoms with E-state index in [1.807, 2.05) is 24.3 Å². The number of fused-ring (bicyclic) bond motifs is 1. The summed E-state index contributed by atoms with van der Waals surface area (Å²) < 4.78 is 36.8. The van der Waals surface area contributed by atoms with E-state index in [1.54, 1.807) is 19.2 Å². The maximum absolute atomic E-state index is 12.6. The Morgan fingerprint density at radius 1 is 1.25 bits per heavy atom. The molecule has 0 radical (unpaired) electrons. The molecule has 1 aliphatic rings. The first kappa shape index (κ1) is 22.5. The summed E-state index contributed by atoms with van der Waals surface area (Å²) in [6, 6.07) is 10.6. The molecule has 2 aromatic heterocycles. The smallest absolute Gasteiger partial charge is 0.481 e. The second-order valence-corrected chi connectivity index (χ2v) is 6.37. The van der Waals surface area contributed by atoms with Gasteiger partial charge in [-0.1, -0.05) is 12.1 Å². The highest BCUT2D eigenvalue weighted by atomic mass is 19.4. The number of halogens is 3. The number of methoxy groups -OCH3 is 1. The highest BCUT2D eigenvalue weighted by molar-refractivity contribution is 5.98. The van der Waals surface area contributed by atoms with Crippen LogP contribution < -0.4 is 15.4 Å². The van der Waals surface area contributed by atoms with Crippen LogP contribution in [0.1, 0.15) is 5.56 Å². The summed E-state index contributed by atoms with van der Waals surface area (Å²) in [5.74, 6) is -1.23. The van der Waals surface area contributed by atoms with Crippen molar-refractivity contribution < 1.29 is 32.6 Å². The van der Waals surface area contributed by atoms with Crippen molar-refractivity contribution in [3.63, 3.8) is 0 Å². The van der Waals surface area contributed by atoms with Crippen molar-refractivity contribution in [2.75, 3.05) is 17.7 Å². The molecule has 32 heavy (non-hydrogen) atoms. The zero-order valence-electron chi connectivity index (χ0n) is 16.3. The molecule has 3 aromatic rings. The van der Waals surface area contributed by atoms with E-state index in [-0.39, 0.29) is 11.9 Å². The summed E-state index contributed by atoms with van der Waals surface area (Å²) in [4.78, 5) is 25.8. The van der Waals surface area contributed by atoms with E-state index in [0.29, 0.717) is 29.6 Å². The second-order valence-electron chi connectivity index (χ2n) is 6.37. The lowest BCUT2D eigenvalue weighted by molar-refractivity contribution is -0.192. The number of nitrogens with one attached hydrogen (secondary N) is 3. The highest BCUT2D eigenvalue weighted by Gasteiger charge is 2.38. The topological polar surface area (TPSA) is 155 Å². The average molecular weight is 451 g/mol. The Hall–Kier alpha value is -4.23. The minimum Gasteiger partial charge on any atom is -0.481 e. The van der Waals surface area contributed by atoms with Crippen molar-refractivity contribution in [2.45, 2.75) is 18.6 Å². The van der Waals surface area contributed by atoms with E-state index in [1.165, 1.54) is 0 Å². The number of carbonyl (C=O) groups excluding carboxylic acids is 1. The van der Waals surface area contributed by atoms with Gasteiger partial charge in [0.15, 0.2) is 0 Å². The molecule has 0 bridgehead atoms. The summed E-state index contributed by atoms with van der Waals surface area (Å²) in [6.45, 7) is 0. The Morgan fingerprint density at radius 3 is 2.62 bits per heavy atom. The standard InChI is InChI=1S/C16H15N7O2.C2HF3O2/c1-25-13-6-5-10-8-12(18-14(10)19-13)16(24)17-11-4-2-3-9(7-11)15-20-22-23-21-15;3-2(4,5)1(6)7/h2-7,12H,8H2,1H3,(H,17,24)(H,18,19)(H,20,21,22,23);(H,6,7). The van der Waals surface area contributed by atoms with Crippen LogP contribution in [0.2, 0.25) is 0 Å². The van der Waals surface area contributed by atoms with Gasteiger partial charge in [-0.2, -0.15) is 23.4 Å². The van der Waals surface area contributed by atoms with Gasteiger partial charge in [-0.05, 0) is 29.0 Å². The van der Waals surface area contributed by atoms with Crippen LogP contribution in [0.15, 0.2) is 36.4 Å². The van der Waals surface area contributed by atoms with Crippen LogP contribution >= 0.6 is 0 Å². The van der Waals surface area contributed by atoms with E-state index in [4.69, 9.17) is 14.6 Å². The first-order valence-electron chi connectivity index (χ1n) is 8.92. The Balaban J connectivity index is 0.000000360. The quantitative estimate of drug-likeness (QED) is 0.465. The fraction of sp³-hybridized carbons (Fsp3) is 0.222. The van der Waals surface area contributed by atoms with E-state index in [0.717, 1.165) is 11.1 Å². The molecule has 14 heteroatoms. The van der Waals surface area contributed by atoms with Crippen molar-refractivity contribution in [1.82, 2.24) is 25.6 Å². The molecule has 1 aliphatic heterocycles. The van der Waals surface area contributed by atoms with Crippen molar-refractivity contribution in [2.24, 2.45) is 0 Å². The predicted octanol–water partition coefficient (Wildman–Crippen LogP) is 1.88. The molecule has 11 nitrogen and oxygen atoms in total. The number of hydrogen-bond donors (Lipinski definition) is 4. The molecule has 3 heterocycles. The number of carboxylic acid groups (broad SMARTS) is 1. The maximum Gasteiger partial charge on any atom is 0.490 e. The van der Waals surface area contributed by atoms with Crippen LogP contribution in [0, 0.1) is 0 Å². The number of anilines is 2. The molecule has 4 rings (SSSR count). The maximum atomic E-state index is 12.6. The number of nitrogens with zero attached hydrogens (tertiary/aromatic N) is 4. The number of carbonyl (C=O) groups is 2. The lowest BCUT2D eigenvalue weighted by Crippen LogP contribution is -2.32. The third kappa shape index (κ3) is 5.47. The van der Waals surface area contributed by atoms with Gasteiger partial charge in [-0.15, -0.1) is 10.2 Å². The number of amides is 1. The number of ether oxygens (including phenoxy) is 1. The van der Waals surface area contributed by atoms with Crippen LogP contribution in [-0.2, 0) is 16.0 Å². The lowest BCUT2D eigenvalue weighted by Gasteiger charge is -2.12. The van der Waals surface area contributed by atoms with Crippen molar-refractivity contribution >= 4 is 23.4 Å². The molecule has 0 aliphatic carbocycles. The van der Waals surface area contributed by atoms with Gasteiger partial charge in [0.05, 0.1) is 7.11 Å². The first-order chi connectivity index (χ1) is 15.2. The SMILES string of the molecule is COc1ccc2c(n1)NC(C(=O)Nc1cccc(-c3nn[nH]n3)c1)C2.O=C(O)C(F)(F)F. The number of aliphatic carboxylic acids is 1. The molecule has 168 valence electrons. The summed E-state index contributed by atoms with van der Waals surface area (Å²) in [5.41, 5.74) is 2.41. The molecule has 1 aromatic carbocycles. The minimum absolute atomic E-state index is 0.137. The summed E-state index contributed by atoms with van der Waals surface area (Å²) in [7, 11) is 1.56. The van der Waals surface area contributed by atoms with Gasteiger partial charge in [0.1, 0.15) is 11.9 Å². The molecular formula is C18H16F3N7O4. The Bertz CT molecular complexity index is 1110. The van der Waals surface area contributed by atoms with Crippen LogP contribution in [0.3, 0.4) is 0 Å². The van der Waals surface area contributed by atoms with Gasteiger partial charge in [0.2, 0.25) is 17.6 Å². The average Bonchev–Trinajstić information content (AvgIpc) is 3.43. The van der Waals surface area contributed by atoms with Crippen LogP contribution in [0.4, 0.5) is 24.7 Å². The van der Waals surface area contributed by atoms with Gasteiger partial charge in [0, 0.05) is 23.7 Å². The lowest BCUT2D eigenvalue weighted by atomic mass is 10.1. The second kappa shape index (κ2) is 9.28. The number of aromatic nitrogens is 5. The van der Waals surface area contributed by atoms with Crippen LogP contribution in [0.5, 0.6) is 5.88 Å². The van der Waals surface area contributed by atoms with E-state index in [9.17, 15) is 18.0 Å².